The van der Waals surface area contributed by atoms with Crippen LogP contribution in [0.3, 0.4) is 0 Å². The number of aromatic nitrogens is 3. The molecule has 0 radical (unpaired) electrons. The standard InChI is InChI=1S/C24H19N7O2/c1-26-23-28-13-11-21(31-23)20-6-3-12-27-22(20)33-19-9-7-17(8-10-19)29-24(32)30-18-5-2-4-16(14-18)15-25/h2-14H,1H3,(H,26,28,31)(H2,29,30,32). The van der Waals surface area contributed by atoms with Gasteiger partial charge in [-0.3, -0.25) is 0 Å². The number of nitrogens with one attached hydrogen (secondary N) is 3. The lowest BCUT2D eigenvalue weighted by molar-refractivity contribution is 0.262. The fourth-order valence-corrected chi connectivity index (χ4v) is 2.97. The lowest BCUT2D eigenvalue weighted by Crippen LogP contribution is -2.19. The van der Waals surface area contributed by atoms with Crippen molar-refractivity contribution in [3.8, 4) is 29.0 Å². The predicted molar refractivity (Wildman–Crippen MR) is 125 cm³/mol. The van der Waals surface area contributed by atoms with E-state index >= 15 is 0 Å². The Labute approximate surface area is 190 Å². The number of amides is 2. The summed E-state index contributed by atoms with van der Waals surface area (Å²) in [4.78, 5) is 25.1. The van der Waals surface area contributed by atoms with Gasteiger partial charge in [-0.15, -0.1) is 0 Å². The number of nitriles is 1. The van der Waals surface area contributed by atoms with Crippen LogP contribution < -0.4 is 20.7 Å². The summed E-state index contributed by atoms with van der Waals surface area (Å²) in [6.45, 7) is 0. The van der Waals surface area contributed by atoms with E-state index in [4.69, 9.17) is 10.00 Å². The third-order valence-electron chi connectivity index (χ3n) is 4.50. The van der Waals surface area contributed by atoms with E-state index in [9.17, 15) is 4.79 Å². The van der Waals surface area contributed by atoms with Crippen LogP contribution in [0.1, 0.15) is 5.56 Å². The van der Waals surface area contributed by atoms with E-state index in [0.717, 1.165) is 5.56 Å². The fraction of sp³-hybridized carbons (Fsp3) is 0.0417. The van der Waals surface area contributed by atoms with E-state index in [1.54, 1.807) is 80.1 Å². The molecule has 0 spiro atoms. The molecule has 9 heteroatoms. The van der Waals surface area contributed by atoms with Gasteiger partial charge in [0.2, 0.25) is 11.8 Å². The molecule has 2 amide bonds. The minimum Gasteiger partial charge on any atom is -0.438 e. The number of pyridine rings is 1. The molecule has 0 saturated carbocycles. The monoisotopic (exact) mass is 437 g/mol. The lowest BCUT2D eigenvalue weighted by Gasteiger charge is -2.11. The number of urea groups is 1. The molecule has 0 aliphatic rings. The van der Waals surface area contributed by atoms with Crippen molar-refractivity contribution >= 4 is 23.4 Å². The molecule has 3 N–H and O–H groups in total. The number of anilines is 3. The van der Waals surface area contributed by atoms with Crippen molar-refractivity contribution in [2.75, 3.05) is 23.0 Å². The molecule has 9 nitrogen and oxygen atoms in total. The molecule has 0 atom stereocenters. The largest absolute Gasteiger partial charge is 0.438 e. The number of hydrogen-bond donors (Lipinski definition) is 3. The van der Waals surface area contributed by atoms with Gasteiger partial charge in [0.1, 0.15) is 5.75 Å². The molecule has 0 bridgehead atoms. The maximum absolute atomic E-state index is 12.2. The number of carbonyl (C=O) groups excluding carboxylic acids is 1. The highest BCUT2D eigenvalue weighted by Crippen LogP contribution is 2.30. The van der Waals surface area contributed by atoms with Gasteiger partial charge in [0, 0.05) is 30.8 Å². The quantitative estimate of drug-likeness (QED) is 0.392. The molecule has 0 aliphatic carbocycles. The molecule has 162 valence electrons. The average Bonchev–Trinajstić information content (AvgIpc) is 2.85. The highest BCUT2D eigenvalue weighted by atomic mass is 16.5. The summed E-state index contributed by atoms with van der Waals surface area (Å²) in [7, 11) is 1.75. The Morgan fingerprint density at radius 3 is 2.55 bits per heavy atom. The van der Waals surface area contributed by atoms with E-state index in [-0.39, 0.29) is 0 Å². The second kappa shape index (κ2) is 9.89. The Balaban J connectivity index is 1.44. The van der Waals surface area contributed by atoms with Gasteiger partial charge in [-0.05, 0) is 60.7 Å². The van der Waals surface area contributed by atoms with Gasteiger partial charge in [-0.1, -0.05) is 6.07 Å². The van der Waals surface area contributed by atoms with Crippen LogP contribution in [0.2, 0.25) is 0 Å². The molecule has 0 aliphatic heterocycles. The molecule has 0 fully saturated rings. The van der Waals surface area contributed by atoms with Crippen LogP contribution in [0.25, 0.3) is 11.3 Å². The van der Waals surface area contributed by atoms with Crippen molar-refractivity contribution in [2.45, 2.75) is 0 Å². The first kappa shape index (κ1) is 21.3. The Hall–Kier alpha value is -4.97. The van der Waals surface area contributed by atoms with Crippen LogP contribution in [-0.4, -0.2) is 28.0 Å². The van der Waals surface area contributed by atoms with Crippen molar-refractivity contribution in [1.29, 1.82) is 5.26 Å². The van der Waals surface area contributed by atoms with Crippen molar-refractivity contribution < 1.29 is 9.53 Å². The molecule has 0 unspecified atom stereocenters. The third kappa shape index (κ3) is 5.39. The summed E-state index contributed by atoms with van der Waals surface area (Å²) < 4.78 is 5.97. The molecule has 4 aromatic rings. The number of benzene rings is 2. The minimum atomic E-state index is -0.421. The number of nitrogens with zero attached hydrogens (tertiary/aromatic N) is 4. The summed E-state index contributed by atoms with van der Waals surface area (Å²) in [6.07, 6.45) is 3.30. The number of ether oxygens (including phenoxy) is 1. The second-order valence-corrected chi connectivity index (χ2v) is 6.77. The minimum absolute atomic E-state index is 0.397. The Morgan fingerprint density at radius 2 is 1.76 bits per heavy atom. The van der Waals surface area contributed by atoms with Gasteiger partial charge in [0.25, 0.3) is 0 Å². The van der Waals surface area contributed by atoms with Crippen molar-refractivity contribution in [3.05, 3.63) is 84.7 Å². The van der Waals surface area contributed by atoms with Crippen molar-refractivity contribution in [3.63, 3.8) is 0 Å². The normalized spacial score (nSPS) is 10.1. The Morgan fingerprint density at radius 1 is 0.939 bits per heavy atom. The molecule has 2 aromatic carbocycles. The number of rotatable bonds is 6. The van der Waals surface area contributed by atoms with Gasteiger partial charge in [0.05, 0.1) is 22.9 Å². The highest BCUT2D eigenvalue weighted by molar-refractivity contribution is 5.99. The molecular formula is C24H19N7O2. The summed E-state index contributed by atoms with van der Waals surface area (Å²) in [6, 6.07) is 20.6. The van der Waals surface area contributed by atoms with Gasteiger partial charge in [-0.2, -0.15) is 5.26 Å². The first-order chi connectivity index (χ1) is 16.1. The van der Waals surface area contributed by atoms with Crippen molar-refractivity contribution in [1.82, 2.24) is 15.0 Å². The third-order valence-corrected chi connectivity index (χ3v) is 4.50. The topological polar surface area (TPSA) is 125 Å². The lowest BCUT2D eigenvalue weighted by atomic mass is 10.2. The maximum Gasteiger partial charge on any atom is 0.323 e. The first-order valence-electron chi connectivity index (χ1n) is 9.97. The maximum atomic E-state index is 12.2. The zero-order chi connectivity index (χ0) is 23.0. The van der Waals surface area contributed by atoms with E-state index in [1.807, 2.05) is 12.1 Å². The van der Waals surface area contributed by atoms with Gasteiger partial charge < -0.3 is 20.7 Å². The summed E-state index contributed by atoms with van der Waals surface area (Å²) in [5.41, 5.74) is 2.96. The van der Waals surface area contributed by atoms with Crippen LogP contribution in [0.4, 0.5) is 22.1 Å². The summed E-state index contributed by atoms with van der Waals surface area (Å²) >= 11 is 0. The van der Waals surface area contributed by atoms with E-state index in [0.29, 0.717) is 40.2 Å². The van der Waals surface area contributed by atoms with Gasteiger partial charge >= 0.3 is 6.03 Å². The van der Waals surface area contributed by atoms with Crippen LogP contribution >= 0.6 is 0 Å². The molecule has 2 heterocycles. The van der Waals surface area contributed by atoms with E-state index in [1.165, 1.54) is 0 Å². The molecular weight excluding hydrogens is 418 g/mol. The first-order valence-corrected chi connectivity index (χ1v) is 9.97. The van der Waals surface area contributed by atoms with Gasteiger partial charge in [-0.25, -0.2) is 19.7 Å². The van der Waals surface area contributed by atoms with E-state index in [2.05, 4.69) is 30.9 Å². The van der Waals surface area contributed by atoms with Crippen LogP contribution in [0.15, 0.2) is 79.1 Å². The molecule has 2 aromatic heterocycles. The number of carbonyl (C=O) groups is 1. The zero-order valence-corrected chi connectivity index (χ0v) is 17.6. The summed E-state index contributed by atoms with van der Waals surface area (Å²) in [5, 5.41) is 17.3. The smallest absolute Gasteiger partial charge is 0.323 e. The van der Waals surface area contributed by atoms with Crippen LogP contribution in [0, 0.1) is 11.3 Å². The number of hydrogen-bond acceptors (Lipinski definition) is 7. The Bertz CT molecular complexity index is 1320. The fourth-order valence-electron chi connectivity index (χ4n) is 2.97. The Kier molecular flexibility index (Phi) is 6.38. The average molecular weight is 437 g/mol. The van der Waals surface area contributed by atoms with Crippen molar-refractivity contribution in [2.24, 2.45) is 0 Å². The van der Waals surface area contributed by atoms with Gasteiger partial charge in [0.15, 0.2) is 0 Å². The highest BCUT2D eigenvalue weighted by Gasteiger charge is 2.11. The van der Waals surface area contributed by atoms with Crippen LogP contribution in [0.5, 0.6) is 11.6 Å². The zero-order valence-electron chi connectivity index (χ0n) is 17.6. The summed E-state index contributed by atoms with van der Waals surface area (Å²) in [5.74, 6) is 1.44. The molecule has 33 heavy (non-hydrogen) atoms. The SMILES string of the molecule is CNc1nccc(-c2cccnc2Oc2ccc(NC(=O)Nc3cccc(C#N)c3)cc2)n1. The van der Waals surface area contributed by atoms with E-state index < -0.39 is 6.03 Å². The molecule has 0 saturated heterocycles. The van der Waals surface area contributed by atoms with Crippen LogP contribution in [-0.2, 0) is 0 Å². The predicted octanol–water partition coefficient (Wildman–Crippen LogP) is 4.89. The molecule has 4 rings (SSSR count). The second-order valence-electron chi connectivity index (χ2n) is 6.77.